The van der Waals surface area contributed by atoms with Gasteiger partial charge in [0.15, 0.2) is 0 Å². The number of hydrogen-bond acceptors (Lipinski definition) is 4. The summed E-state index contributed by atoms with van der Waals surface area (Å²) in [6, 6.07) is 3.43. The van der Waals surface area contributed by atoms with E-state index < -0.39 is 5.97 Å². The summed E-state index contributed by atoms with van der Waals surface area (Å²) in [5.41, 5.74) is 7.76. The van der Waals surface area contributed by atoms with Gasteiger partial charge in [0.2, 0.25) is 0 Å². The lowest BCUT2D eigenvalue weighted by atomic mass is 10.1. The van der Waals surface area contributed by atoms with Crippen molar-refractivity contribution in [3.05, 3.63) is 23.3 Å². The van der Waals surface area contributed by atoms with Gasteiger partial charge in [-0.05, 0) is 37.5 Å². The van der Waals surface area contributed by atoms with Crippen LogP contribution in [0.25, 0.3) is 0 Å². The Bertz CT molecular complexity index is 482. The Morgan fingerprint density at radius 1 is 1.45 bits per heavy atom. The van der Waals surface area contributed by atoms with E-state index >= 15 is 0 Å². The number of nitrogens with two attached hydrogens (primary N) is 1. The van der Waals surface area contributed by atoms with Crippen LogP contribution in [0.1, 0.15) is 41.6 Å². The summed E-state index contributed by atoms with van der Waals surface area (Å²) in [7, 11) is 0. The number of carboxylic acid groups (broad SMARTS) is 1. The maximum Gasteiger partial charge on any atom is 0.337 e. The highest BCUT2D eigenvalue weighted by molar-refractivity contribution is 5.95. The number of anilines is 2. The van der Waals surface area contributed by atoms with Crippen LogP contribution >= 0.6 is 0 Å². The average Bonchev–Trinajstić information content (AvgIpc) is 2.91. The molecule has 1 fully saturated rings. The molecule has 0 unspecified atom stereocenters. The Hall–Kier alpha value is -1.75. The largest absolute Gasteiger partial charge is 0.478 e. The molecule has 1 aromatic rings. The van der Waals surface area contributed by atoms with Crippen molar-refractivity contribution in [1.29, 1.82) is 0 Å². The Morgan fingerprint density at radius 3 is 2.80 bits per heavy atom. The second kappa shape index (κ2) is 6.61. The second-order valence-electron chi connectivity index (χ2n) is 5.26. The van der Waals surface area contributed by atoms with E-state index in [1.807, 2.05) is 13.0 Å². The molecule has 1 saturated carbocycles. The summed E-state index contributed by atoms with van der Waals surface area (Å²) in [5, 5.41) is 12.3. The molecule has 2 rings (SSSR count). The monoisotopic (exact) mass is 278 g/mol. The van der Waals surface area contributed by atoms with Crippen LogP contribution in [0.3, 0.4) is 0 Å². The van der Waals surface area contributed by atoms with Crippen LogP contribution < -0.4 is 11.1 Å². The van der Waals surface area contributed by atoms with Crippen LogP contribution in [0.2, 0.25) is 0 Å². The third kappa shape index (κ3) is 3.63. The maximum absolute atomic E-state index is 11.1. The van der Waals surface area contributed by atoms with Crippen molar-refractivity contribution >= 4 is 17.3 Å². The first-order valence-electron chi connectivity index (χ1n) is 7.07. The van der Waals surface area contributed by atoms with Gasteiger partial charge < -0.3 is 20.9 Å². The molecular weight excluding hydrogens is 256 g/mol. The summed E-state index contributed by atoms with van der Waals surface area (Å²) in [6.07, 6.45) is 5.24. The second-order valence-corrected chi connectivity index (χ2v) is 5.26. The molecule has 0 aliphatic heterocycles. The number of ether oxygens (including phenoxy) is 1. The standard InChI is InChI=1S/C15H22N2O3/c1-10-8-11(9-13(14(10)16)15(18)19)17-6-7-20-12-4-2-3-5-12/h8-9,12,17H,2-7,16H2,1H3,(H,18,19). The van der Waals surface area contributed by atoms with Gasteiger partial charge in [0.1, 0.15) is 0 Å². The van der Waals surface area contributed by atoms with E-state index in [0.29, 0.717) is 24.9 Å². The van der Waals surface area contributed by atoms with Gasteiger partial charge in [-0.15, -0.1) is 0 Å². The first kappa shape index (κ1) is 14.7. The Labute approximate surface area is 119 Å². The Morgan fingerprint density at radius 2 is 2.15 bits per heavy atom. The highest BCUT2D eigenvalue weighted by Gasteiger charge is 2.15. The summed E-state index contributed by atoms with van der Waals surface area (Å²) in [6.45, 7) is 3.11. The van der Waals surface area contributed by atoms with Crippen molar-refractivity contribution in [1.82, 2.24) is 0 Å². The van der Waals surface area contributed by atoms with Gasteiger partial charge in [0.25, 0.3) is 0 Å². The molecule has 1 aliphatic carbocycles. The highest BCUT2D eigenvalue weighted by Crippen LogP contribution is 2.23. The number of aryl methyl sites for hydroxylation is 1. The number of nitrogens with one attached hydrogen (secondary N) is 1. The third-order valence-corrected chi connectivity index (χ3v) is 3.70. The van der Waals surface area contributed by atoms with Crippen molar-refractivity contribution in [2.24, 2.45) is 0 Å². The molecule has 0 aromatic heterocycles. The van der Waals surface area contributed by atoms with Gasteiger partial charge >= 0.3 is 5.97 Å². The number of rotatable bonds is 6. The SMILES string of the molecule is Cc1cc(NCCOC2CCCC2)cc(C(=O)O)c1N. The molecule has 20 heavy (non-hydrogen) atoms. The highest BCUT2D eigenvalue weighted by atomic mass is 16.5. The normalized spacial score (nSPS) is 15.4. The fourth-order valence-corrected chi connectivity index (χ4v) is 2.55. The number of carbonyl (C=O) groups is 1. The van der Waals surface area contributed by atoms with Crippen LogP contribution in [0.5, 0.6) is 0 Å². The number of nitrogen functional groups attached to an aromatic ring is 1. The molecule has 0 amide bonds. The molecule has 5 heteroatoms. The number of carboxylic acids is 1. The molecule has 0 saturated heterocycles. The van der Waals surface area contributed by atoms with E-state index in [2.05, 4.69) is 5.32 Å². The molecule has 0 atom stereocenters. The van der Waals surface area contributed by atoms with Crippen LogP contribution in [0.4, 0.5) is 11.4 Å². The van der Waals surface area contributed by atoms with Crippen LogP contribution in [-0.4, -0.2) is 30.3 Å². The van der Waals surface area contributed by atoms with Gasteiger partial charge in [-0.3, -0.25) is 0 Å². The zero-order chi connectivity index (χ0) is 14.5. The lowest BCUT2D eigenvalue weighted by molar-refractivity contribution is 0.0659. The molecular formula is C15H22N2O3. The summed E-state index contributed by atoms with van der Waals surface area (Å²) in [5.74, 6) is -1.00. The fraction of sp³-hybridized carbons (Fsp3) is 0.533. The summed E-state index contributed by atoms with van der Waals surface area (Å²) in [4.78, 5) is 11.1. The molecule has 110 valence electrons. The first-order valence-corrected chi connectivity index (χ1v) is 7.07. The first-order chi connectivity index (χ1) is 9.58. The van der Waals surface area contributed by atoms with Crippen molar-refractivity contribution in [3.8, 4) is 0 Å². The molecule has 0 bridgehead atoms. The van der Waals surface area contributed by atoms with Gasteiger partial charge in [-0.25, -0.2) is 4.79 Å². The predicted octanol–water partition coefficient (Wildman–Crippen LogP) is 2.65. The Kier molecular flexibility index (Phi) is 4.84. The van der Waals surface area contributed by atoms with Crippen LogP contribution in [0.15, 0.2) is 12.1 Å². The zero-order valence-electron chi connectivity index (χ0n) is 11.8. The summed E-state index contributed by atoms with van der Waals surface area (Å²) >= 11 is 0. The minimum atomic E-state index is -1.00. The van der Waals surface area contributed by atoms with Crippen LogP contribution in [0, 0.1) is 6.92 Å². The number of hydrogen-bond donors (Lipinski definition) is 3. The Balaban J connectivity index is 1.87. The minimum Gasteiger partial charge on any atom is -0.478 e. The quantitative estimate of drug-likeness (QED) is 0.550. The average molecular weight is 278 g/mol. The molecule has 1 aromatic carbocycles. The lowest BCUT2D eigenvalue weighted by Gasteiger charge is -2.13. The van der Waals surface area contributed by atoms with Gasteiger partial charge in [-0.1, -0.05) is 12.8 Å². The molecule has 0 spiro atoms. The third-order valence-electron chi connectivity index (χ3n) is 3.70. The van der Waals surface area contributed by atoms with Crippen LogP contribution in [-0.2, 0) is 4.74 Å². The van der Waals surface area contributed by atoms with E-state index in [1.54, 1.807) is 6.07 Å². The molecule has 1 aliphatic rings. The molecule has 5 nitrogen and oxygen atoms in total. The topological polar surface area (TPSA) is 84.6 Å². The number of aromatic carboxylic acids is 1. The van der Waals surface area contributed by atoms with Crippen molar-refractivity contribution in [2.75, 3.05) is 24.2 Å². The van der Waals surface area contributed by atoms with E-state index in [9.17, 15) is 4.79 Å². The van der Waals surface area contributed by atoms with E-state index in [1.165, 1.54) is 12.8 Å². The predicted molar refractivity (Wildman–Crippen MR) is 79.2 cm³/mol. The summed E-state index contributed by atoms with van der Waals surface area (Å²) < 4.78 is 5.75. The fourth-order valence-electron chi connectivity index (χ4n) is 2.55. The van der Waals surface area contributed by atoms with E-state index in [-0.39, 0.29) is 5.56 Å². The smallest absolute Gasteiger partial charge is 0.337 e. The molecule has 0 radical (unpaired) electrons. The molecule has 4 N–H and O–H groups in total. The van der Waals surface area contributed by atoms with Crippen molar-refractivity contribution < 1.29 is 14.6 Å². The van der Waals surface area contributed by atoms with Crippen molar-refractivity contribution in [3.63, 3.8) is 0 Å². The zero-order valence-corrected chi connectivity index (χ0v) is 11.8. The minimum absolute atomic E-state index is 0.143. The van der Waals surface area contributed by atoms with E-state index in [4.69, 9.17) is 15.6 Å². The van der Waals surface area contributed by atoms with Crippen molar-refractivity contribution in [2.45, 2.75) is 38.7 Å². The van der Waals surface area contributed by atoms with E-state index in [0.717, 1.165) is 24.1 Å². The molecule has 0 heterocycles. The van der Waals surface area contributed by atoms with Gasteiger partial charge in [-0.2, -0.15) is 0 Å². The maximum atomic E-state index is 11.1. The lowest BCUT2D eigenvalue weighted by Crippen LogP contribution is -2.16. The van der Waals surface area contributed by atoms with Gasteiger partial charge in [0.05, 0.1) is 18.3 Å². The van der Waals surface area contributed by atoms with Gasteiger partial charge in [0, 0.05) is 17.9 Å². The number of benzene rings is 1.